The summed E-state index contributed by atoms with van der Waals surface area (Å²) in [5.74, 6) is -0.834. The van der Waals surface area contributed by atoms with Crippen LogP contribution in [0, 0.1) is 5.82 Å². The van der Waals surface area contributed by atoms with Crippen LogP contribution in [0.2, 0.25) is 0 Å². The molecule has 0 radical (unpaired) electrons. The van der Waals surface area contributed by atoms with Gasteiger partial charge in [0, 0.05) is 13.1 Å². The summed E-state index contributed by atoms with van der Waals surface area (Å²) >= 11 is 0. The molecule has 0 saturated carbocycles. The average molecular weight is 273 g/mol. The first kappa shape index (κ1) is 13.3. The van der Waals surface area contributed by atoms with Gasteiger partial charge in [-0.2, -0.15) is 0 Å². The van der Waals surface area contributed by atoms with Crippen LogP contribution in [0.1, 0.15) is 19.3 Å². The molecule has 1 aliphatic rings. The number of rotatable bonds is 3. The quantitative estimate of drug-likeness (QED) is 0.808. The van der Waals surface area contributed by atoms with Crippen LogP contribution >= 0.6 is 0 Å². The Morgan fingerprint density at radius 1 is 1.22 bits per heavy atom. The van der Waals surface area contributed by atoms with Crippen LogP contribution in [0.4, 0.5) is 10.1 Å². The van der Waals surface area contributed by atoms with Gasteiger partial charge in [0.15, 0.2) is 0 Å². The van der Waals surface area contributed by atoms with Crippen LogP contribution in [0.15, 0.2) is 23.1 Å². The van der Waals surface area contributed by atoms with Gasteiger partial charge >= 0.3 is 0 Å². The maximum atomic E-state index is 13.6. The fourth-order valence-corrected chi connectivity index (χ4v) is 3.33. The number of hydrogen-bond acceptors (Lipinski definition) is 4. The second-order valence-electron chi connectivity index (χ2n) is 4.30. The predicted octanol–water partition coefficient (Wildman–Crippen LogP) is 1.09. The summed E-state index contributed by atoms with van der Waals surface area (Å²) in [5.41, 5.74) is 5.45. The zero-order valence-corrected chi connectivity index (χ0v) is 10.7. The van der Waals surface area contributed by atoms with Crippen molar-refractivity contribution in [3.05, 3.63) is 24.0 Å². The number of benzene rings is 1. The summed E-state index contributed by atoms with van der Waals surface area (Å²) in [4.78, 5) is 1.90. The molecule has 0 spiro atoms. The first-order valence-corrected chi connectivity index (χ1v) is 7.30. The van der Waals surface area contributed by atoms with Gasteiger partial charge in [0.2, 0.25) is 0 Å². The van der Waals surface area contributed by atoms with E-state index >= 15 is 0 Å². The number of anilines is 1. The van der Waals surface area contributed by atoms with Gasteiger partial charge in [-0.15, -0.1) is 4.83 Å². The molecule has 1 saturated heterocycles. The van der Waals surface area contributed by atoms with Crippen molar-refractivity contribution < 1.29 is 12.8 Å². The van der Waals surface area contributed by atoms with Gasteiger partial charge in [-0.3, -0.25) is 0 Å². The minimum Gasteiger partial charge on any atom is -0.398 e. The van der Waals surface area contributed by atoms with Crippen molar-refractivity contribution in [3.63, 3.8) is 0 Å². The van der Waals surface area contributed by atoms with Gasteiger partial charge in [-0.25, -0.2) is 17.8 Å². The molecule has 1 heterocycles. The summed E-state index contributed by atoms with van der Waals surface area (Å²) in [5, 5.41) is 1.59. The van der Waals surface area contributed by atoms with Crippen molar-refractivity contribution in [1.29, 1.82) is 0 Å². The third-order valence-corrected chi connectivity index (χ3v) is 4.34. The van der Waals surface area contributed by atoms with Crippen LogP contribution < -0.4 is 10.6 Å². The van der Waals surface area contributed by atoms with Crippen molar-refractivity contribution >= 4 is 15.7 Å². The van der Waals surface area contributed by atoms with Crippen molar-refractivity contribution in [2.75, 3.05) is 18.8 Å². The highest BCUT2D eigenvalue weighted by Crippen LogP contribution is 2.22. The zero-order valence-electron chi connectivity index (χ0n) is 9.89. The molecule has 0 atom stereocenters. The topological polar surface area (TPSA) is 75.4 Å². The maximum absolute atomic E-state index is 13.6. The minimum atomic E-state index is -3.95. The Morgan fingerprint density at radius 2 is 1.89 bits per heavy atom. The highest BCUT2D eigenvalue weighted by Gasteiger charge is 2.25. The summed E-state index contributed by atoms with van der Waals surface area (Å²) in [6.07, 6.45) is 2.94. The predicted molar refractivity (Wildman–Crippen MR) is 66.6 cm³/mol. The van der Waals surface area contributed by atoms with Crippen molar-refractivity contribution in [2.45, 2.75) is 24.2 Å². The van der Waals surface area contributed by atoms with Crippen LogP contribution in [-0.4, -0.2) is 26.5 Å². The van der Waals surface area contributed by atoms with E-state index in [1.54, 1.807) is 5.01 Å². The monoisotopic (exact) mass is 273 g/mol. The smallest absolute Gasteiger partial charge is 0.258 e. The number of nitrogen functional groups attached to an aromatic ring is 1. The lowest BCUT2D eigenvalue weighted by molar-refractivity contribution is 0.199. The van der Waals surface area contributed by atoms with Gasteiger partial charge in [-0.05, 0) is 25.0 Å². The molecule has 100 valence electrons. The van der Waals surface area contributed by atoms with Gasteiger partial charge in [0.25, 0.3) is 10.0 Å². The average Bonchev–Trinajstić information content (AvgIpc) is 2.28. The third kappa shape index (κ3) is 2.80. The number of nitrogens with one attached hydrogen (secondary N) is 1. The lowest BCUT2D eigenvalue weighted by Crippen LogP contribution is -2.45. The maximum Gasteiger partial charge on any atom is 0.258 e. The molecule has 0 amide bonds. The van der Waals surface area contributed by atoms with Crippen LogP contribution in [-0.2, 0) is 10.0 Å². The number of hydrazine groups is 1. The molecular weight excluding hydrogens is 257 g/mol. The Kier molecular flexibility index (Phi) is 3.84. The largest absolute Gasteiger partial charge is 0.398 e. The van der Waals surface area contributed by atoms with Crippen LogP contribution in [0.5, 0.6) is 0 Å². The highest BCUT2D eigenvalue weighted by atomic mass is 32.2. The Labute approximate surface area is 106 Å². The van der Waals surface area contributed by atoms with E-state index in [-0.39, 0.29) is 5.69 Å². The van der Waals surface area contributed by atoms with Gasteiger partial charge in [0.1, 0.15) is 10.7 Å². The van der Waals surface area contributed by atoms with Crippen molar-refractivity contribution in [2.24, 2.45) is 0 Å². The fourth-order valence-electron chi connectivity index (χ4n) is 2.01. The number of hydrogen-bond donors (Lipinski definition) is 2. The lowest BCUT2D eigenvalue weighted by Gasteiger charge is -2.26. The molecule has 1 fully saturated rings. The zero-order chi connectivity index (χ0) is 13.2. The number of nitrogens with two attached hydrogens (primary N) is 1. The van der Waals surface area contributed by atoms with E-state index < -0.39 is 20.7 Å². The number of halogens is 1. The van der Waals surface area contributed by atoms with Gasteiger partial charge in [0.05, 0.1) is 5.69 Å². The van der Waals surface area contributed by atoms with Crippen LogP contribution in [0.25, 0.3) is 0 Å². The molecule has 18 heavy (non-hydrogen) atoms. The molecule has 1 aliphatic heterocycles. The first-order chi connectivity index (χ1) is 8.50. The minimum absolute atomic E-state index is 0.0838. The van der Waals surface area contributed by atoms with Crippen molar-refractivity contribution in [3.8, 4) is 0 Å². The number of piperidine rings is 1. The summed E-state index contributed by atoms with van der Waals surface area (Å²) in [6, 6.07) is 3.83. The standard InChI is InChI=1S/C11H16FN3O2S/c12-9-5-4-6-10(13)11(9)18(16,17)14-15-7-2-1-3-8-15/h4-6,14H,1-3,7-8,13H2. The summed E-state index contributed by atoms with van der Waals surface area (Å²) < 4.78 is 37.7. The fraction of sp³-hybridized carbons (Fsp3) is 0.455. The molecule has 0 aliphatic carbocycles. The third-order valence-electron chi connectivity index (χ3n) is 2.87. The second kappa shape index (κ2) is 5.21. The van der Waals surface area contributed by atoms with Crippen LogP contribution in [0.3, 0.4) is 0 Å². The number of nitrogens with zero attached hydrogens (tertiary/aromatic N) is 1. The molecule has 1 aromatic carbocycles. The van der Waals surface area contributed by atoms with E-state index in [9.17, 15) is 12.8 Å². The first-order valence-electron chi connectivity index (χ1n) is 5.82. The number of sulfonamides is 1. The normalized spacial score (nSPS) is 17.8. The van der Waals surface area contributed by atoms with Gasteiger partial charge in [-0.1, -0.05) is 12.5 Å². The molecule has 0 aromatic heterocycles. The van der Waals surface area contributed by atoms with E-state index in [4.69, 9.17) is 5.73 Å². The second-order valence-corrected chi connectivity index (χ2v) is 5.90. The molecule has 7 heteroatoms. The molecule has 5 nitrogen and oxygen atoms in total. The molecule has 3 N–H and O–H groups in total. The summed E-state index contributed by atoms with van der Waals surface area (Å²) in [6.45, 7) is 1.27. The molecular formula is C11H16FN3O2S. The Hall–Kier alpha value is -1.18. The summed E-state index contributed by atoms with van der Waals surface area (Å²) in [7, 11) is -3.95. The Morgan fingerprint density at radius 3 is 2.50 bits per heavy atom. The van der Waals surface area contributed by atoms with Crippen molar-refractivity contribution in [1.82, 2.24) is 9.84 Å². The van der Waals surface area contributed by atoms with E-state index in [0.717, 1.165) is 25.3 Å². The van der Waals surface area contributed by atoms with Gasteiger partial charge < -0.3 is 5.73 Å². The Bertz CT molecular complexity index is 507. The Balaban J connectivity index is 2.25. The molecule has 2 rings (SSSR count). The van der Waals surface area contributed by atoms with E-state index in [0.29, 0.717) is 13.1 Å². The molecule has 1 aromatic rings. The molecule has 0 unspecified atom stereocenters. The SMILES string of the molecule is Nc1cccc(F)c1S(=O)(=O)NN1CCCCC1. The highest BCUT2D eigenvalue weighted by molar-refractivity contribution is 7.89. The molecule has 0 bridgehead atoms. The van der Waals surface area contributed by atoms with E-state index in [1.165, 1.54) is 12.1 Å². The van der Waals surface area contributed by atoms with E-state index in [1.807, 2.05) is 0 Å². The lowest BCUT2D eigenvalue weighted by atomic mass is 10.2. The van der Waals surface area contributed by atoms with E-state index in [2.05, 4.69) is 4.83 Å².